The monoisotopic (exact) mass is 402 g/mol. The normalized spacial score (nSPS) is 11.1. The Morgan fingerprint density at radius 1 is 1.30 bits per heavy atom. The molecule has 0 aliphatic heterocycles. The molecule has 2 aromatic heterocycles. The highest BCUT2D eigenvalue weighted by Gasteiger charge is 2.13. The molecule has 1 amide bonds. The van der Waals surface area contributed by atoms with Gasteiger partial charge in [0.15, 0.2) is 5.13 Å². The summed E-state index contributed by atoms with van der Waals surface area (Å²) in [5, 5.41) is 17.7. The van der Waals surface area contributed by atoms with E-state index in [0.29, 0.717) is 16.2 Å². The van der Waals surface area contributed by atoms with Crippen LogP contribution in [0.15, 0.2) is 28.7 Å². The largest absolute Gasteiger partial charge is 0.301 e. The van der Waals surface area contributed by atoms with E-state index in [-0.39, 0.29) is 11.7 Å². The minimum atomic E-state index is -0.125. The topological polar surface area (TPSA) is 85.6 Å². The first kappa shape index (κ1) is 19.5. The number of aromatic nitrogens is 5. The minimum absolute atomic E-state index is 0.125. The van der Waals surface area contributed by atoms with Gasteiger partial charge in [0.05, 0.1) is 11.4 Å². The van der Waals surface area contributed by atoms with Crippen molar-refractivity contribution < 1.29 is 4.79 Å². The summed E-state index contributed by atoms with van der Waals surface area (Å²) in [5.74, 6) is 0.540. The first-order valence-corrected chi connectivity index (χ1v) is 10.5. The molecule has 0 saturated carbocycles. The number of hydrogen-bond acceptors (Lipinski definition) is 7. The number of benzene rings is 1. The Bertz CT molecular complexity index is 934. The van der Waals surface area contributed by atoms with E-state index in [2.05, 4.69) is 65.7 Å². The summed E-state index contributed by atoms with van der Waals surface area (Å²) >= 11 is 2.74. The van der Waals surface area contributed by atoms with E-state index in [1.54, 1.807) is 4.68 Å². The predicted octanol–water partition coefficient (Wildman–Crippen LogP) is 3.80. The van der Waals surface area contributed by atoms with Gasteiger partial charge >= 0.3 is 0 Å². The van der Waals surface area contributed by atoms with Gasteiger partial charge < -0.3 is 5.32 Å². The lowest BCUT2D eigenvalue weighted by molar-refractivity contribution is -0.113. The van der Waals surface area contributed by atoms with Gasteiger partial charge in [-0.05, 0) is 47.4 Å². The minimum Gasteiger partial charge on any atom is -0.301 e. The van der Waals surface area contributed by atoms with Crippen molar-refractivity contribution in [3.8, 4) is 11.3 Å². The molecular formula is C18H22N6OS2. The van der Waals surface area contributed by atoms with Crippen LogP contribution in [0.2, 0.25) is 0 Å². The van der Waals surface area contributed by atoms with Gasteiger partial charge in [0.2, 0.25) is 11.1 Å². The molecule has 0 fully saturated rings. The number of nitrogens with zero attached hydrogens (tertiary/aromatic N) is 5. The molecule has 0 spiro atoms. The number of tetrazole rings is 1. The molecule has 3 aromatic rings. The van der Waals surface area contributed by atoms with Crippen LogP contribution in [0.3, 0.4) is 0 Å². The van der Waals surface area contributed by atoms with E-state index >= 15 is 0 Å². The zero-order valence-corrected chi connectivity index (χ0v) is 17.4. The van der Waals surface area contributed by atoms with Crippen LogP contribution >= 0.6 is 23.1 Å². The molecule has 0 bridgehead atoms. The molecular weight excluding hydrogens is 380 g/mol. The molecule has 0 aliphatic rings. The number of hydrogen-bond donors (Lipinski definition) is 1. The standard InChI is InChI=1S/C18H22N6OS2/c1-11(2)8-24-18(21-22-23-24)27-10-16(25)20-17-19-15(9-26-17)14-6-5-12(3)13(4)7-14/h5-7,9,11H,8,10H2,1-4H3,(H,19,20,25). The van der Waals surface area contributed by atoms with Crippen molar-refractivity contribution in [2.45, 2.75) is 39.4 Å². The maximum atomic E-state index is 12.2. The summed E-state index contributed by atoms with van der Waals surface area (Å²) in [6.07, 6.45) is 0. The van der Waals surface area contributed by atoms with E-state index < -0.39 is 0 Å². The van der Waals surface area contributed by atoms with E-state index in [4.69, 9.17) is 0 Å². The number of anilines is 1. The highest BCUT2D eigenvalue weighted by atomic mass is 32.2. The fourth-order valence-electron chi connectivity index (χ4n) is 2.41. The zero-order valence-electron chi connectivity index (χ0n) is 15.8. The number of amides is 1. The summed E-state index contributed by atoms with van der Waals surface area (Å²) < 4.78 is 1.73. The fourth-order valence-corrected chi connectivity index (χ4v) is 3.83. The summed E-state index contributed by atoms with van der Waals surface area (Å²) in [5.41, 5.74) is 4.39. The van der Waals surface area contributed by atoms with Crippen molar-refractivity contribution in [1.29, 1.82) is 0 Å². The van der Waals surface area contributed by atoms with Gasteiger partial charge in [-0.2, -0.15) is 0 Å². The van der Waals surface area contributed by atoms with Crippen molar-refractivity contribution in [3.63, 3.8) is 0 Å². The Labute approximate surface area is 166 Å². The van der Waals surface area contributed by atoms with Gasteiger partial charge in [-0.3, -0.25) is 4.79 Å². The number of thioether (sulfide) groups is 1. The average molecular weight is 403 g/mol. The SMILES string of the molecule is Cc1ccc(-c2csc(NC(=O)CSc3nnnn3CC(C)C)n2)cc1C. The van der Waals surface area contributed by atoms with Crippen molar-refractivity contribution in [1.82, 2.24) is 25.2 Å². The lowest BCUT2D eigenvalue weighted by Gasteiger charge is -2.06. The Kier molecular flexibility index (Phi) is 6.22. The number of rotatable bonds is 7. The van der Waals surface area contributed by atoms with Crippen molar-refractivity contribution in [3.05, 3.63) is 34.7 Å². The number of carbonyl (C=O) groups excluding carboxylic acids is 1. The number of thiazole rings is 1. The van der Waals surface area contributed by atoms with E-state index in [0.717, 1.165) is 17.8 Å². The quantitative estimate of drug-likeness (QED) is 0.605. The highest BCUT2D eigenvalue weighted by molar-refractivity contribution is 7.99. The molecule has 0 atom stereocenters. The number of carbonyl (C=O) groups is 1. The van der Waals surface area contributed by atoms with Crippen LogP contribution in [-0.2, 0) is 11.3 Å². The van der Waals surface area contributed by atoms with Crippen LogP contribution in [0, 0.1) is 19.8 Å². The molecule has 0 aliphatic carbocycles. The van der Waals surface area contributed by atoms with Gasteiger partial charge in [-0.25, -0.2) is 9.67 Å². The van der Waals surface area contributed by atoms with Crippen LogP contribution in [0.1, 0.15) is 25.0 Å². The number of nitrogens with one attached hydrogen (secondary N) is 1. The molecule has 2 heterocycles. The Morgan fingerprint density at radius 2 is 2.11 bits per heavy atom. The maximum Gasteiger partial charge on any atom is 0.236 e. The van der Waals surface area contributed by atoms with Gasteiger partial charge in [0.1, 0.15) is 0 Å². The van der Waals surface area contributed by atoms with Crippen LogP contribution in [0.25, 0.3) is 11.3 Å². The Balaban J connectivity index is 1.58. The predicted molar refractivity (Wildman–Crippen MR) is 109 cm³/mol. The van der Waals surface area contributed by atoms with E-state index in [9.17, 15) is 4.79 Å². The second kappa shape index (κ2) is 8.62. The van der Waals surface area contributed by atoms with E-state index in [1.807, 2.05) is 11.4 Å². The second-order valence-electron chi connectivity index (χ2n) is 6.71. The van der Waals surface area contributed by atoms with Gasteiger partial charge in [-0.1, -0.05) is 37.7 Å². The number of aryl methyl sites for hydroxylation is 2. The van der Waals surface area contributed by atoms with Crippen LogP contribution in [0.5, 0.6) is 0 Å². The molecule has 7 nitrogen and oxygen atoms in total. The molecule has 0 unspecified atom stereocenters. The fraction of sp³-hybridized carbons (Fsp3) is 0.389. The average Bonchev–Trinajstić information content (AvgIpc) is 3.24. The van der Waals surface area contributed by atoms with Crippen molar-refractivity contribution in [2.24, 2.45) is 5.92 Å². The molecule has 1 aromatic carbocycles. The molecule has 1 N–H and O–H groups in total. The Morgan fingerprint density at radius 3 is 2.85 bits per heavy atom. The summed E-state index contributed by atoms with van der Waals surface area (Å²) in [4.78, 5) is 16.8. The van der Waals surface area contributed by atoms with Crippen LogP contribution in [-0.4, -0.2) is 36.9 Å². The molecule has 27 heavy (non-hydrogen) atoms. The molecule has 9 heteroatoms. The highest BCUT2D eigenvalue weighted by Crippen LogP contribution is 2.26. The third-order valence-electron chi connectivity index (χ3n) is 3.92. The third kappa shape index (κ3) is 5.14. The molecule has 142 valence electrons. The Hall–Kier alpha value is -2.26. The first-order chi connectivity index (χ1) is 12.9. The lowest BCUT2D eigenvalue weighted by Crippen LogP contribution is -2.15. The summed E-state index contributed by atoms with van der Waals surface area (Å²) in [6, 6.07) is 6.24. The van der Waals surface area contributed by atoms with Gasteiger partial charge in [-0.15, -0.1) is 16.4 Å². The second-order valence-corrected chi connectivity index (χ2v) is 8.51. The summed E-state index contributed by atoms with van der Waals surface area (Å²) in [6.45, 7) is 9.08. The zero-order chi connectivity index (χ0) is 19.4. The molecule has 0 saturated heterocycles. The maximum absolute atomic E-state index is 12.2. The smallest absolute Gasteiger partial charge is 0.236 e. The third-order valence-corrected chi connectivity index (χ3v) is 5.64. The van der Waals surface area contributed by atoms with Gasteiger partial charge in [0, 0.05) is 17.5 Å². The molecule has 0 radical (unpaired) electrons. The van der Waals surface area contributed by atoms with Crippen LogP contribution in [0.4, 0.5) is 5.13 Å². The first-order valence-electron chi connectivity index (χ1n) is 8.64. The van der Waals surface area contributed by atoms with Gasteiger partial charge in [0.25, 0.3) is 0 Å². The van der Waals surface area contributed by atoms with Crippen molar-refractivity contribution in [2.75, 3.05) is 11.1 Å². The van der Waals surface area contributed by atoms with E-state index in [1.165, 1.54) is 34.2 Å². The van der Waals surface area contributed by atoms with Crippen LogP contribution < -0.4 is 5.32 Å². The lowest BCUT2D eigenvalue weighted by atomic mass is 10.1. The molecule has 3 rings (SSSR count). The summed E-state index contributed by atoms with van der Waals surface area (Å²) in [7, 11) is 0. The van der Waals surface area contributed by atoms with Crippen molar-refractivity contribution >= 4 is 34.1 Å².